The molecule has 1 aliphatic rings. The van der Waals surface area contributed by atoms with Crippen molar-refractivity contribution < 1.29 is 4.74 Å². The SMILES string of the molecule is CCCNCc1c(SC2COC2)nc2sccn12. The zero-order valence-corrected chi connectivity index (χ0v) is 12.0. The van der Waals surface area contributed by atoms with Crippen LogP contribution < -0.4 is 5.32 Å². The summed E-state index contributed by atoms with van der Waals surface area (Å²) in [5.41, 5.74) is 1.29. The normalized spacial score (nSPS) is 16.3. The summed E-state index contributed by atoms with van der Waals surface area (Å²) in [6, 6.07) is 0. The van der Waals surface area contributed by atoms with Crippen LogP contribution in [0, 0.1) is 0 Å². The molecular formula is C12H17N3OS2. The summed E-state index contributed by atoms with van der Waals surface area (Å²) >= 11 is 3.55. The van der Waals surface area contributed by atoms with Crippen LogP contribution in [-0.4, -0.2) is 34.4 Å². The van der Waals surface area contributed by atoms with E-state index < -0.39 is 0 Å². The second-order valence-electron chi connectivity index (χ2n) is 4.37. The first kappa shape index (κ1) is 12.5. The summed E-state index contributed by atoms with van der Waals surface area (Å²) in [5, 5.41) is 7.31. The Hall–Kier alpha value is -0.560. The number of thioether (sulfide) groups is 1. The molecule has 1 N–H and O–H groups in total. The number of nitrogens with one attached hydrogen (secondary N) is 1. The highest BCUT2D eigenvalue weighted by molar-refractivity contribution is 8.00. The van der Waals surface area contributed by atoms with Gasteiger partial charge in [-0.15, -0.1) is 11.3 Å². The Balaban J connectivity index is 1.80. The van der Waals surface area contributed by atoms with Gasteiger partial charge in [0.25, 0.3) is 0 Å². The van der Waals surface area contributed by atoms with Gasteiger partial charge in [0.05, 0.1) is 24.2 Å². The van der Waals surface area contributed by atoms with Gasteiger partial charge in [-0.25, -0.2) is 4.98 Å². The standard InChI is InChI=1S/C12H17N3OS2/c1-2-3-13-6-10-11(18-9-7-16-8-9)14-12-15(10)4-5-17-12/h4-5,9,13H,2-3,6-8H2,1H3. The van der Waals surface area contributed by atoms with Crippen LogP contribution in [0.5, 0.6) is 0 Å². The summed E-state index contributed by atoms with van der Waals surface area (Å²) < 4.78 is 7.44. The largest absolute Gasteiger partial charge is 0.379 e. The van der Waals surface area contributed by atoms with Crippen molar-refractivity contribution in [2.24, 2.45) is 0 Å². The molecule has 0 saturated carbocycles. The van der Waals surface area contributed by atoms with Gasteiger partial charge < -0.3 is 10.1 Å². The van der Waals surface area contributed by atoms with Crippen LogP contribution in [0.4, 0.5) is 0 Å². The van der Waals surface area contributed by atoms with E-state index in [4.69, 9.17) is 9.72 Å². The van der Waals surface area contributed by atoms with Crippen molar-refractivity contribution in [3.8, 4) is 0 Å². The molecule has 3 rings (SSSR count). The molecule has 98 valence electrons. The highest BCUT2D eigenvalue weighted by Gasteiger charge is 2.23. The molecule has 1 fully saturated rings. The zero-order chi connectivity index (χ0) is 12.4. The third kappa shape index (κ3) is 2.42. The van der Waals surface area contributed by atoms with Gasteiger partial charge in [-0.1, -0.05) is 18.7 Å². The molecule has 3 heterocycles. The number of nitrogens with zero attached hydrogens (tertiary/aromatic N) is 2. The van der Waals surface area contributed by atoms with E-state index in [0.29, 0.717) is 5.25 Å². The topological polar surface area (TPSA) is 38.6 Å². The van der Waals surface area contributed by atoms with Crippen molar-refractivity contribution in [1.29, 1.82) is 0 Å². The molecule has 0 unspecified atom stereocenters. The lowest BCUT2D eigenvalue weighted by Crippen LogP contribution is -2.30. The number of hydrogen-bond acceptors (Lipinski definition) is 5. The Morgan fingerprint density at radius 2 is 2.50 bits per heavy atom. The molecule has 4 nitrogen and oxygen atoms in total. The Kier molecular flexibility index (Phi) is 3.88. The van der Waals surface area contributed by atoms with E-state index in [9.17, 15) is 0 Å². The lowest BCUT2D eigenvalue weighted by atomic mass is 10.4. The number of hydrogen-bond donors (Lipinski definition) is 1. The van der Waals surface area contributed by atoms with E-state index in [2.05, 4.69) is 28.2 Å². The summed E-state index contributed by atoms with van der Waals surface area (Å²) in [4.78, 5) is 5.81. The molecule has 2 aromatic heterocycles. The fourth-order valence-electron chi connectivity index (χ4n) is 1.89. The van der Waals surface area contributed by atoms with Crippen molar-refractivity contribution in [3.05, 3.63) is 17.3 Å². The average molecular weight is 283 g/mol. The molecule has 1 aliphatic heterocycles. The van der Waals surface area contributed by atoms with Crippen LogP contribution in [-0.2, 0) is 11.3 Å². The highest BCUT2D eigenvalue weighted by Crippen LogP contribution is 2.31. The third-order valence-corrected chi connectivity index (χ3v) is 4.84. The van der Waals surface area contributed by atoms with Crippen LogP contribution in [0.15, 0.2) is 16.6 Å². The van der Waals surface area contributed by atoms with E-state index in [0.717, 1.165) is 37.7 Å². The Labute approximate surface area is 115 Å². The van der Waals surface area contributed by atoms with Crippen molar-refractivity contribution in [3.63, 3.8) is 0 Å². The van der Waals surface area contributed by atoms with Crippen LogP contribution in [0.1, 0.15) is 19.0 Å². The number of imidazole rings is 1. The quantitative estimate of drug-likeness (QED) is 0.826. The van der Waals surface area contributed by atoms with E-state index >= 15 is 0 Å². The number of rotatable bonds is 6. The molecule has 0 amide bonds. The summed E-state index contributed by atoms with van der Waals surface area (Å²) in [6.07, 6.45) is 3.27. The first-order chi connectivity index (χ1) is 8.88. The molecule has 2 aromatic rings. The predicted molar refractivity (Wildman–Crippen MR) is 75.5 cm³/mol. The fraction of sp³-hybridized carbons (Fsp3) is 0.583. The van der Waals surface area contributed by atoms with Crippen LogP contribution in [0.2, 0.25) is 0 Å². The van der Waals surface area contributed by atoms with Gasteiger partial charge in [0.2, 0.25) is 0 Å². The Morgan fingerprint density at radius 3 is 3.22 bits per heavy atom. The summed E-state index contributed by atoms with van der Waals surface area (Å²) in [5.74, 6) is 0. The number of thiazole rings is 1. The average Bonchev–Trinajstić information content (AvgIpc) is 2.86. The van der Waals surface area contributed by atoms with Crippen molar-refractivity contribution in [2.75, 3.05) is 19.8 Å². The van der Waals surface area contributed by atoms with Crippen molar-refractivity contribution >= 4 is 28.1 Å². The minimum absolute atomic E-state index is 0.583. The monoisotopic (exact) mass is 283 g/mol. The molecule has 0 bridgehead atoms. The molecule has 6 heteroatoms. The van der Waals surface area contributed by atoms with Gasteiger partial charge in [0.15, 0.2) is 4.96 Å². The van der Waals surface area contributed by atoms with E-state index in [1.54, 1.807) is 11.3 Å². The molecule has 0 aromatic carbocycles. The maximum Gasteiger partial charge on any atom is 0.194 e. The first-order valence-electron chi connectivity index (χ1n) is 6.28. The summed E-state index contributed by atoms with van der Waals surface area (Å²) in [7, 11) is 0. The van der Waals surface area contributed by atoms with Crippen molar-refractivity contribution in [1.82, 2.24) is 14.7 Å². The van der Waals surface area contributed by atoms with Gasteiger partial charge >= 0.3 is 0 Å². The molecule has 18 heavy (non-hydrogen) atoms. The second-order valence-corrected chi connectivity index (χ2v) is 6.54. The van der Waals surface area contributed by atoms with Gasteiger partial charge in [-0.2, -0.15) is 0 Å². The van der Waals surface area contributed by atoms with Crippen LogP contribution >= 0.6 is 23.1 Å². The number of ether oxygens (including phenoxy) is 1. The highest BCUT2D eigenvalue weighted by atomic mass is 32.2. The number of aromatic nitrogens is 2. The number of fused-ring (bicyclic) bond motifs is 1. The van der Waals surface area contributed by atoms with E-state index in [1.807, 2.05) is 11.8 Å². The molecule has 0 aliphatic carbocycles. The third-order valence-electron chi connectivity index (χ3n) is 2.93. The maximum absolute atomic E-state index is 5.23. The van der Waals surface area contributed by atoms with Crippen LogP contribution in [0.3, 0.4) is 0 Å². The predicted octanol–water partition coefficient (Wildman–Crippen LogP) is 2.39. The summed E-state index contributed by atoms with van der Waals surface area (Å²) in [6.45, 7) is 5.84. The fourth-order valence-corrected chi connectivity index (χ4v) is 3.77. The maximum atomic E-state index is 5.23. The lowest BCUT2D eigenvalue weighted by molar-refractivity contribution is 0.0454. The molecular weight excluding hydrogens is 266 g/mol. The molecule has 0 spiro atoms. The smallest absolute Gasteiger partial charge is 0.194 e. The van der Waals surface area contributed by atoms with Gasteiger partial charge in [-0.05, 0) is 13.0 Å². The van der Waals surface area contributed by atoms with Crippen molar-refractivity contribution in [2.45, 2.75) is 30.2 Å². The Morgan fingerprint density at radius 1 is 1.61 bits per heavy atom. The molecule has 0 atom stereocenters. The lowest BCUT2D eigenvalue weighted by Gasteiger charge is -2.24. The van der Waals surface area contributed by atoms with Gasteiger partial charge in [0, 0.05) is 18.1 Å². The van der Waals surface area contributed by atoms with Gasteiger partial charge in [-0.3, -0.25) is 4.40 Å². The molecule has 0 radical (unpaired) electrons. The Bertz CT molecular complexity index is 518. The first-order valence-corrected chi connectivity index (χ1v) is 8.04. The van der Waals surface area contributed by atoms with Gasteiger partial charge in [0.1, 0.15) is 5.03 Å². The minimum atomic E-state index is 0.583. The molecule has 1 saturated heterocycles. The zero-order valence-electron chi connectivity index (χ0n) is 10.4. The minimum Gasteiger partial charge on any atom is -0.379 e. The van der Waals surface area contributed by atoms with E-state index in [-0.39, 0.29) is 0 Å². The van der Waals surface area contributed by atoms with Crippen LogP contribution in [0.25, 0.3) is 4.96 Å². The van der Waals surface area contributed by atoms with E-state index in [1.165, 1.54) is 10.7 Å². The second kappa shape index (κ2) is 5.61.